The number of nitrogens with zero attached hydrogens (tertiary/aromatic N) is 2. The van der Waals surface area contributed by atoms with Gasteiger partial charge in [-0.1, -0.05) is 61.0 Å². The van der Waals surface area contributed by atoms with Gasteiger partial charge in [0.1, 0.15) is 11.8 Å². The van der Waals surface area contributed by atoms with Crippen molar-refractivity contribution < 1.29 is 22.7 Å². The maximum absolute atomic E-state index is 13.9. The van der Waals surface area contributed by atoms with Gasteiger partial charge in [-0.25, -0.2) is 8.42 Å². The number of ether oxygens (including phenoxy) is 1. The Hall–Kier alpha value is -3.56. The van der Waals surface area contributed by atoms with Crippen LogP contribution in [0.25, 0.3) is 0 Å². The molecule has 232 valence electrons. The van der Waals surface area contributed by atoms with Crippen LogP contribution in [0.2, 0.25) is 5.02 Å². The summed E-state index contributed by atoms with van der Waals surface area (Å²) in [5, 5.41) is 3.59. The van der Waals surface area contributed by atoms with E-state index in [0.29, 0.717) is 29.5 Å². The molecule has 8 nitrogen and oxygen atoms in total. The van der Waals surface area contributed by atoms with Gasteiger partial charge in [0.05, 0.1) is 18.6 Å². The largest absolute Gasteiger partial charge is 0.494 e. The quantitative estimate of drug-likeness (QED) is 0.215. The van der Waals surface area contributed by atoms with Crippen molar-refractivity contribution in [3.63, 3.8) is 0 Å². The van der Waals surface area contributed by atoms with E-state index in [4.69, 9.17) is 16.3 Å². The van der Waals surface area contributed by atoms with E-state index in [0.717, 1.165) is 23.8 Å². The summed E-state index contributed by atoms with van der Waals surface area (Å²) in [4.78, 5) is 29.2. The van der Waals surface area contributed by atoms with Crippen LogP contribution >= 0.6 is 11.6 Å². The second kappa shape index (κ2) is 16.3. The topological polar surface area (TPSA) is 96.0 Å². The highest BCUT2D eigenvalue weighted by atomic mass is 35.5. The Balaban J connectivity index is 1.87. The average molecular weight is 628 g/mol. The van der Waals surface area contributed by atoms with Gasteiger partial charge in [-0.15, -0.1) is 0 Å². The van der Waals surface area contributed by atoms with Crippen LogP contribution in [0.1, 0.15) is 51.2 Å². The smallest absolute Gasteiger partial charge is 0.243 e. The Morgan fingerprint density at radius 2 is 1.63 bits per heavy atom. The summed E-state index contributed by atoms with van der Waals surface area (Å²) < 4.78 is 32.1. The van der Waals surface area contributed by atoms with E-state index in [1.54, 1.807) is 41.3 Å². The molecule has 0 saturated heterocycles. The van der Waals surface area contributed by atoms with Crippen molar-refractivity contribution in [3.8, 4) is 5.75 Å². The van der Waals surface area contributed by atoms with E-state index in [1.165, 1.54) is 4.31 Å². The van der Waals surface area contributed by atoms with E-state index in [-0.39, 0.29) is 43.8 Å². The van der Waals surface area contributed by atoms with Crippen molar-refractivity contribution in [2.75, 3.05) is 23.7 Å². The number of nitrogens with one attached hydrogen (secondary N) is 1. The fourth-order valence-electron chi connectivity index (χ4n) is 4.71. The van der Waals surface area contributed by atoms with Crippen LogP contribution in [-0.2, 0) is 32.6 Å². The van der Waals surface area contributed by atoms with E-state index in [1.807, 2.05) is 63.2 Å². The monoisotopic (exact) mass is 627 g/mol. The third-order valence-corrected chi connectivity index (χ3v) is 8.53. The van der Waals surface area contributed by atoms with Crippen molar-refractivity contribution in [2.24, 2.45) is 0 Å². The first-order valence-corrected chi connectivity index (χ1v) is 16.8. The highest BCUT2D eigenvalue weighted by molar-refractivity contribution is 7.92. The first kappa shape index (κ1) is 33.9. The molecule has 0 bridgehead atoms. The number of carbonyl (C=O) groups excluding carboxylic acids is 2. The lowest BCUT2D eigenvalue weighted by Gasteiger charge is -2.32. The highest BCUT2D eigenvalue weighted by Gasteiger charge is 2.31. The molecule has 1 N–H and O–H groups in total. The minimum atomic E-state index is -3.61. The number of rotatable bonds is 16. The second-order valence-corrected chi connectivity index (χ2v) is 12.9. The third kappa shape index (κ3) is 10.6. The number of amides is 2. The summed E-state index contributed by atoms with van der Waals surface area (Å²) in [5.74, 6) is 0.160. The zero-order chi connectivity index (χ0) is 31.4. The van der Waals surface area contributed by atoms with E-state index < -0.39 is 16.1 Å². The number of benzene rings is 3. The van der Waals surface area contributed by atoms with Gasteiger partial charge in [0.15, 0.2) is 0 Å². The normalized spacial score (nSPS) is 12.7. The molecular weight excluding hydrogens is 586 g/mol. The number of hydrogen-bond acceptors (Lipinski definition) is 5. The summed E-state index contributed by atoms with van der Waals surface area (Å²) >= 11 is 6.26. The van der Waals surface area contributed by atoms with Gasteiger partial charge in [0.25, 0.3) is 0 Å². The molecule has 3 aromatic rings. The first-order chi connectivity index (χ1) is 20.5. The van der Waals surface area contributed by atoms with Crippen LogP contribution < -0.4 is 14.4 Å². The minimum absolute atomic E-state index is 0.0471. The maximum atomic E-state index is 13.9. The Labute approximate surface area is 261 Å². The Bertz CT molecular complexity index is 1430. The zero-order valence-electron chi connectivity index (χ0n) is 25.3. The van der Waals surface area contributed by atoms with Gasteiger partial charge in [-0.05, 0) is 74.2 Å². The van der Waals surface area contributed by atoms with E-state index in [2.05, 4.69) is 5.32 Å². The van der Waals surface area contributed by atoms with Crippen molar-refractivity contribution in [2.45, 2.75) is 65.1 Å². The predicted molar refractivity (Wildman–Crippen MR) is 173 cm³/mol. The zero-order valence-corrected chi connectivity index (χ0v) is 26.9. The van der Waals surface area contributed by atoms with Crippen LogP contribution in [0, 0.1) is 0 Å². The van der Waals surface area contributed by atoms with Gasteiger partial charge in [-0.2, -0.15) is 0 Å². The number of sulfonamides is 1. The molecule has 43 heavy (non-hydrogen) atoms. The molecule has 0 fully saturated rings. The molecule has 0 unspecified atom stereocenters. The number of anilines is 1. The number of halogens is 1. The molecule has 0 aliphatic heterocycles. The highest BCUT2D eigenvalue weighted by Crippen LogP contribution is 2.23. The van der Waals surface area contributed by atoms with Gasteiger partial charge in [-0.3, -0.25) is 13.9 Å². The molecular formula is C33H42ClN3O5S. The van der Waals surface area contributed by atoms with E-state index in [9.17, 15) is 18.0 Å². The maximum Gasteiger partial charge on any atom is 0.243 e. The lowest BCUT2D eigenvalue weighted by atomic mass is 10.0. The molecule has 0 aromatic heterocycles. The molecule has 2 amide bonds. The number of carbonyl (C=O) groups is 2. The van der Waals surface area contributed by atoms with Gasteiger partial charge >= 0.3 is 0 Å². The van der Waals surface area contributed by atoms with Crippen LogP contribution in [0.4, 0.5) is 5.69 Å². The van der Waals surface area contributed by atoms with Gasteiger partial charge < -0.3 is 15.0 Å². The fourth-order valence-corrected chi connectivity index (χ4v) is 5.88. The average Bonchev–Trinajstić information content (AvgIpc) is 2.97. The van der Waals surface area contributed by atoms with Crippen LogP contribution in [0.15, 0.2) is 78.9 Å². The van der Waals surface area contributed by atoms with Gasteiger partial charge in [0, 0.05) is 37.0 Å². The SMILES string of the molecule is CCOc1ccc(N(CCCC(=O)N(Cc2cccc(Cl)c2)[C@@H](Cc2ccccc2)C(=O)N[C@H](C)CC)S(C)(=O)=O)cc1. The number of hydrogen-bond donors (Lipinski definition) is 1. The molecule has 0 heterocycles. The summed E-state index contributed by atoms with van der Waals surface area (Å²) in [6, 6.07) is 22.8. The van der Waals surface area contributed by atoms with Crippen molar-refractivity contribution in [1.82, 2.24) is 10.2 Å². The lowest BCUT2D eigenvalue weighted by Crippen LogP contribution is -2.52. The molecule has 3 rings (SSSR count). The minimum Gasteiger partial charge on any atom is -0.494 e. The summed E-state index contributed by atoms with van der Waals surface area (Å²) in [6.07, 6.45) is 2.53. The summed E-state index contributed by atoms with van der Waals surface area (Å²) in [7, 11) is -3.61. The standard InChI is InChI=1S/C33H42ClN3O5S/c1-5-25(3)35-33(39)31(23-26-12-8-7-9-13-26)36(24-27-14-10-15-28(34)22-27)32(38)16-11-21-37(43(4,40)41)29-17-19-30(20-18-29)42-6-2/h7-10,12-15,17-20,22,25,31H,5-6,11,16,21,23-24H2,1-4H3,(H,35,39)/t25-,31+/m1/s1. The Morgan fingerprint density at radius 1 is 0.953 bits per heavy atom. The second-order valence-electron chi connectivity index (χ2n) is 10.5. The molecule has 0 saturated carbocycles. The van der Waals surface area contributed by atoms with Crippen LogP contribution in [0.5, 0.6) is 5.75 Å². The fraction of sp³-hybridized carbons (Fsp3) is 0.394. The third-order valence-electron chi connectivity index (χ3n) is 7.10. The van der Waals surface area contributed by atoms with Crippen LogP contribution in [-0.4, -0.2) is 56.6 Å². The Kier molecular flexibility index (Phi) is 12.9. The lowest BCUT2D eigenvalue weighted by molar-refractivity contribution is -0.141. The van der Waals surface area contributed by atoms with Crippen molar-refractivity contribution in [3.05, 3.63) is 95.0 Å². The van der Waals surface area contributed by atoms with Crippen LogP contribution in [0.3, 0.4) is 0 Å². The first-order valence-electron chi connectivity index (χ1n) is 14.6. The Morgan fingerprint density at radius 3 is 2.23 bits per heavy atom. The molecule has 10 heteroatoms. The molecule has 0 spiro atoms. The molecule has 0 aliphatic rings. The van der Waals surface area contributed by atoms with E-state index >= 15 is 0 Å². The summed E-state index contributed by atoms with van der Waals surface area (Å²) in [6.45, 7) is 6.59. The van der Waals surface area contributed by atoms with Crippen molar-refractivity contribution >= 4 is 39.1 Å². The summed E-state index contributed by atoms with van der Waals surface area (Å²) in [5.41, 5.74) is 2.21. The van der Waals surface area contributed by atoms with Crippen molar-refractivity contribution in [1.29, 1.82) is 0 Å². The molecule has 0 aliphatic carbocycles. The molecule has 0 radical (unpaired) electrons. The molecule has 3 aromatic carbocycles. The predicted octanol–water partition coefficient (Wildman–Crippen LogP) is 5.84. The molecule has 2 atom stereocenters. The van der Waals surface area contributed by atoms with Gasteiger partial charge in [0.2, 0.25) is 21.8 Å².